The third kappa shape index (κ3) is 4.40. The summed E-state index contributed by atoms with van der Waals surface area (Å²) < 4.78 is 15.9. The van der Waals surface area contributed by atoms with Gasteiger partial charge in [0.25, 0.3) is 5.91 Å². The van der Waals surface area contributed by atoms with Gasteiger partial charge >= 0.3 is 0 Å². The van der Waals surface area contributed by atoms with Gasteiger partial charge in [0.05, 0.1) is 21.3 Å². The molecule has 0 saturated carbocycles. The van der Waals surface area contributed by atoms with E-state index < -0.39 is 0 Å². The van der Waals surface area contributed by atoms with E-state index in [9.17, 15) is 4.79 Å². The number of carbonyl (C=O) groups excluding carboxylic acids is 1. The number of ether oxygens (including phenoxy) is 3. The lowest BCUT2D eigenvalue weighted by Gasteiger charge is -2.14. The molecule has 3 aromatic rings. The summed E-state index contributed by atoms with van der Waals surface area (Å²) in [4.78, 5) is 16.7. The van der Waals surface area contributed by atoms with Crippen molar-refractivity contribution >= 4 is 11.6 Å². The van der Waals surface area contributed by atoms with E-state index in [2.05, 4.69) is 10.3 Å². The number of hydrogen-bond donors (Lipinski definition) is 1. The molecule has 144 valence electrons. The minimum absolute atomic E-state index is 0.263. The Morgan fingerprint density at radius 3 is 1.96 bits per heavy atom. The molecule has 28 heavy (non-hydrogen) atoms. The standard InChI is InChI=1S/C22H22N2O4/c1-26-19-13-17(14-20(27-2)21(19)28-3)22(25)24-18-6-4-15(5-7-18)12-16-8-10-23-11-9-16/h4-11,13-14H,12H2,1-3H3,(H,24,25). The van der Waals surface area contributed by atoms with E-state index >= 15 is 0 Å². The second-order valence-corrected chi connectivity index (χ2v) is 6.10. The number of nitrogens with one attached hydrogen (secondary N) is 1. The lowest BCUT2D eigenvalue weighted by atomic mass is 10.1. The van der Waals surface area contributed by atoms with E-state index in [0.29, 0.717) is 28.5 Å². The Morgan fingerprint density at radius 2 is 1.43 bits per heavy atom. The summed E-state index contributed by atoms with van der Waals surface area (Å²) in [6, 6.07) is 15.0. The molecule has 0 aliphatic carbocycles. The molecule has 0 fully saturated rings. The summed E-state index contributed by atoms with van der Waals surface area (Å²) in [5.74, 6) is 1.04. The molecular weight excluding hydrogens is 356 g/mol. The highest BCUT2D eigenvalue weighted by Crippen LogP contribution is 2.38. The second-order valence-electron chi connectivity index (χ2n) is 6.10. The molecular formula is C22H22N2O4. The number of pyridine rings is 1. The van der Waals surface area contributed by atoms with Gasteiger partial charge in [0.2, 0.25) is 5.75 Å². The minimum atomic E-state index is -0.263. The molecule has 2 aromatic carbocycles. The fourth-order valence-electron chi connectivity index (χ4n) is 2.86. The van der Waals surface area contributed by atoms with Crippen molar-refractivity contribution in [3.8, 4) is 17.2 Å². The maximum Gasteiger partial charge on any atom is 0.255 e. The predicted octanol–water partition coefficient (Wildman–Crippen LogP) is 3.95. The lowest BCUT2D eigenvalue weighted by molar-refractivity contribution is 0.102. The van der Waals surface area contributed by atoms with Gasteiger partial charge in [0.15, 0.2) is 11.5 Å². The SMILES string of the molecule is COc1cc(C(=O)Nc2ccc(Cc3ccncc3)cc2)cc(OC)c1OC. The number of amides is 1. The zero-order valence-electron chi connectivity index (χ0n) is 16.1. The van der Waals surface area contributed by atoms with Gasteiger partial charge in [-0.05, 0) is 53.9 Å². The van der Waals surface area contributed by atoms with E-state index in [0.717, 1.165) is 12.0 Å². The molecule has 1 amide bonds. The summed E-state index contributed by atoms with van der Waals surface area (Å²) in [7, 11) is 4.55. The van der Waals surface area contributed by atoms with Gasteiger partial charge in [0.1, 0.15) is 0 Å². The summed E-state index contributed by atoms with van der Waals surface area (Å²) in [6.07, 6.45) is 4.37. The molecule has 0 aliphatic heterocycles. The predicted molar refractivity (Wildman–Crippen MR) is 108 cm³/mol. The van der Waals surface area contributed by atoms with Gasteiger partial charge in [0, 0.05) is 23.6 Å². The first-order valence-electron chi connectivity index (χ1n) is 8.73. The van der Waals surface area contributed by atoms with Crippen molar-refractivity contribution in [1.82, 2.24) is 4.98 Å². The Morgan fingerprint density at radius 1 is 0.857 bits per heavy atom. The molecule has 0 aliphatic rings. The molecule has 1 N–H and O–H groups in total. The number of hydrogen-bond acceptors (Lipinski definition) is 5. The number of methoxy groups -OCH3 is 3. The zero-order valence-corrected chi connectivity index (χ0v) is 16.1. The van der Waals surface area contributed by atoms with E-state index in [1.54, 1.807) is 24.5 Å². The Hall–Kier alpha value is -3.54. The van der Waals surface area contributed by atoms with Gasteiger partial charge in [-0.25, -0.2) is 0 Å². The molecule has 0 bridgehead atoms. The second kappa shape index (κ2) is 8.90. The monoisotopic (exact) mass is 378 g/mol. The zero-order chi connectivity index (χ0) is 19.9. The van der Waals surface area contributed by atoms with Gasteiger partial charge in [-0.15, -0.1) is 0 Å². The van der Waals surface area contributed by atoms with Crippen LogP contribution in [0.2, 0.25) is 0 Å². The molecule has 1 heterocycles. The quantitative estimate of drug-likeness (QED) is 0.674. The van der Waals surface area contributed by atoms with Gasteiger partial charge in [-0.2, -0.15) is 0 Å². The molecule has 0 saturated heterocycles. The van der Waals surface area contributed by atoms with Crippen molar-refractivity contribution in [3.63, 3.8) is 0 Å². The largest absolute Gasteiger partial charge is 0.493 e. The molecule has 3 rings (SSSR count). The van der Waals surface area contributed by atoms with Crippen molar-refractivity contribution in [2.45, 2.75) is 6.42 Å². The summed E-state index contributed by atoms with van der Waals surface area (Å²) in [6.45, 7) is 0. The number of anilines is 1. The van der Waals surface area contributed by atoms with Crippen LogP contribution in [0.25, 0.3) is 0 Å². The summed E-state index contributed by atoms with van der Waals surface area (Å²) in [5.41, 5.74) is 3.45. The fraction of sp³-hybridized carbons (Fsp3) is 0.182. The topological polar surface area (TPSA) is 69.7 Å². The van der Waals surface area contributed by atoms with Gasteiger partial charge < -0.3 is 19.5 Å². The molecule has 6 heteroatoms. The molecule has 0 spiro atoms. The minimum Gasteiger partial charge on any atom is -0.493 e. The average molecular weight is 378 g/mol. The van der Waals surface area contributed by atoms with Crippen LogP contribution in [0.1, 0.15) is 21.5 Å². The Balaban J connectivity index is 1.74. The molecule has 0 radical (unpaired) electrons. The Bertz CT molecular complexity index is 916. The first-order chi connectivity index (χ1) is 13.6. The van der Waals surface area contributed by atoms with Crippen LogP contribution >= 0.6 is 0 Å². The average Bonchev–Trinajstić information content (AvgIpc) is 2.74. The van der Waals surface area contributed by atoms with Crippen molar-refractivity contribution in [3.05, 3.63) is 77.6 Å². The number of nitrogens with zero attached hydrogens (tertiary/aromatic N) is 1. The number of benzene rings is 2. The normalized spacial score (nSPS) is 10.2. The van der Waals surface area contributed by atoms with Crippen LogP contribution in [0.15, 0.2) is 60.9 Å². The third-order valence-corrected chi connectivity index (χ3v) is 4.30. The highest BCUT2D eigenvalue weighted by molar-refractivity contribution is 6.05. The van der Waals surface area contributed by atoms with Crippen LogP contribution in [0.3, 0.4) is 0 Å². The van der Waals surface area contributed by atoms with Crippen LogP contribution in [0.5, 0.6) is 17.2 Å². The van der Waals surface area contributed by atoms with Crippen LogP contribution in [-0.2, 0) is 6.42 Å². The first kappa shape index (κ1) is 19.2. The lowest BCUT2D eigenvalue weighted by Crippen LogP contribution is -2.12. The third-order valence-electron chi connectivity index (χ3n) is 4.30. The highest BCUT2D eigenvalue weighted by Gasteiger charge is 2.17. The summed E-state index contributed by atoms with van der Waals surface area (Å²) in [5, 5.41) is 2.89. The van der Waals surface area contributed by atoms with Crippen LogP contribution in [-0.4, -0.2) is 32.2 Å². The van der Waals surface area contributed by atoms with E-state index in [1.165, 1.54) is 26.9 Å². The molecule has 6 nitrogen and oxygen atoms in total. The van der Waals surface area contributed by atoms with Crippen LogP contribution in [0, 0.1) is 0 Å². The summed E-state index contributed by atoms with van der Waals surface area (Å²) >= 11 is 0. The highest BCUT2D eigenvalue weighted by atomic mass is 16.5. The van der Waals surface area contributed by atoms with E-state index in [4.69, 9.17) is 14.2 Å². The first-order valence-corrected chi connectivity index (χ1v) is 8.73. The Kier molecular flexibility index (Phi) is 6.11. The molecule has 0 unspecified atom stereocenters. The maximum atomic E-state index is 12.7. The number of carbonyl (C=O) groups is 1. The Labute approximate surface area is 164 Å². The molecule has 0 atom stereocenters. The van der Waals surface area contributed by atoms with Crippen molar-refractivity contribution < 1.29 is 19.0 Å². The number of aromatic nitrogens is 1. The van der Waals surface area contributed by atoms with E-state index in [-0.39, 0.29) is 5.91 Å². The smallest absolute Gasteiger partial charge is 0.255 e. The van der Waals surface area contributed by atoms with Gasteiger partial charge in [-0.1, -0.05) is 12.1 Å². The van der Waals surface area contributed by atoms with E-state index in [1.807, 2.05) is 36.4 Å². The van der Waals surface area contributed by atoms with Crippen molar-refractivity contribution in [2.75, 3.05) is 26.6 Å². The van der Waals surface area contributed by atoms with Crippen LogP contribution in [0.4, 0.5) is 5.69 Å². The van der Waals surface area contributed by atoms with Gasteiger partial charge in [-0.3, -0.25) is 9.78 Å². The van der Waals surface area contributed by atoms with Crippen LogP contribution < -0.4 is 19.5 Å². The maximum absolute atomic E-state index is 12.7. The number of rotatable bonds is 7. The molecule has 1 aromatic heterocycles. The van der Waals surface area contributed by atoms with Crippen molar-refractivity contribution in [2.24, 2.45) is 0 Å². The van der Waals surface area contributed by atoms with Crippen molar-refractivity contribution in [1.29, 1.82) is 0 Å². The fourth-order valence-corrected chi connectivity index (χ4v) is 2.86.